The molecule has 0 saturated heterocycles. The molecule has 122 valence electrons. The van der Waals surface area contributed by atoms with Crippen molar-refractivity contribution in [2.45, 2.75) is 43.3 Å². The van der Waals surface area contributed by atoms with Gasteiger partial charge in [0.2, 0.25) is 5.91 Å². The zero-order chi connectivity index (χ0) is 16.2. The highest BCUT2D eigenvalue weighted by Gasteiger charge is 2.24. The molecule has 1 aromatic carbocycles. The van der Waals surface area contributed by atoms with Crippen LogP contribution in [0.25, 0.3) is 11.4 Å². The Balaban J connectivity index is 1.97. The molecule has 2 N–H and O–H groups in total. The van der Waals surface area contributed by atoms with Crippen LogP contribution in [-0.4, -0.2) is 26.4 Å². The minimum Gasteiger partial charge on any atom is -0.369 e. The molecule has 3 rings (SSSR count). The Hall–Kier alpha value is -1.53. The fraction of sp³-hybridized carbons (Fsp3) is 0.438. The lowest BCUT2D eigenvalue weighted by Crippen LogP contribution is -2.17. The van der Waals surface area contributed by atoms with E-state index >= 15 is 0 Å². The van der Waals surface area contributed by atoms with Crippen molar-refractivity contribution in [3.8, 4) is 11.4 Å². The van der Waals surface area contributed by atoms with Gasteiger partial charge in [-0.3, -0.25) is 9.36 Å². The number of hydrogen-bond acceptors (Lipinski definition) is 4. The largest absolute Gasteiger partial charge is 0.369 e. The molecule has 1 fully saturated rings. The zero-order valence-corrected chi connectivity index (χ0v) is 14.3. The van der Waals surface area contributed by atoms with Gasteiger partial charge in [-0.1, -0.05) is 42.6 Å². The van der Waals surface area contributed by atoms with Crippen LogP contribution in [-0.2, 0) is 4.79 Å². The summed E-state index contributed by atoms with van der Waals surface area (Å²) in [5.74, 6) is 0.702. The highest BCUT2D eigenvalue weighted by molar-refractivity contribution is 7.99. The molecule has 7 heteroatoms. The SMILES string of the molecule is NC(=O)CSc1nnc(-c2ccc(Cl)cc2)n1C1CCCCC1. The molecular formula is C16H19ClN4OS. The molecule has 5 nitrogen and oxygen atoms in total. The van der Waals surface area contributed by atoms with E-state index in [0.717, 1.165) is 29.4 Å². The van der Waals surface area contributed by atoms with Gasteiger partial charge in [0.05, 0.1) is 5.75 Å². The molecule has 0 bridgehead atoms. The second-order valence-corrected chi connectivity index (χ2v) is 7.11. The molecule has 1 amide bonds. The molecular weight excluding hydrogens is 332 g/mol. The van der Waals surface area contributed by atoms with Gasteiger partial charge in [0.15, 0.2) is 11.0 Å². The smallest absolute Gasteiger partial charge is 0.227 e. The second kappa shape index (κ2) is 7.36. The number of primary amides is 1. The Morgan fingerprint density at radius 2 is 1.91 bits per heavy atom. The van der Waals surface area contributed by atoms with Gasteiger partial charge in [-0.05, 0) is 37.1 Å². The number of carbonyl (C=O) groups is 1. The average Bonchev–Trinajstić information content (AvgIpc) is 2.98. The summed E-state index contributed by atoms with van der Waals surface area (Å²) in [6.45, 7) is 0. The third kappa shape index (κ3) is 3.87. The first-order chi connectivity index (χ1) is 11.1. The maximum atomic E-state index is 11.1. The highest BCUT2D eigenvalue weighted by Crippen LogP contribution is 2.35. The molecule has 1 aliphatic carbocycles. The van der Waals surface area contributed by atoms with Gasteiger partial charge >= 0.3 is 0 Å². The quantitative estimate of drug-likeness (QED) is 0.835. The van der Waals surface area contributed by atoms with Crippen molar-refractivity contribution in [1.82, 2.24) is 14.8 Å². The minimum absolute atomic E-state index is 0.214. The Morgan fingerprint density at radius 1 is 1.22 bits per heavy atom. The number of benzene rings is 1. The third-order valence-electron chi connectivity index (χ3n) is 4.05. The number of rotatable bonds is 5. The summed E-state index contributed by atoms with van der Waals surface area (Å²) in [6.07, 6.45) is 5.93. The predicted molar refractivity (Wildman–Crippen MR) is 92.5 cm³/mol. The van der Waals surface area contributed by atoms with Crippen LogP contribution in [0.4, 0.5) is 0 Å². The monoisotopic (exact) mass is 350 g/mol. The summed E-state index contributed by atoms with van der Waals surface area (Å²) in [5.41, 5.74) is 6.26. The summed E-state index contributed by atoms with van der Waals surface area (Å²) in [5, 5.41) is 10.1. The number of amides is 1. The van der Waals surface area contributed by atoms with Crippen molar-refractivity contribution >= 4 is 29.3 Å². The van der Waals surface area contributed by atoms with E-state index in [1.54, 1.807) is 0 Å². The Bertz CT molecular complexity index is 680. The molecule has 1 aliphatic rings. The summed E-state index contributed by atoms with van der Waals surface area (Å²) in [6, 6.07) is 7.99. The van der Waals surface area contributed by atoms with Crippen LogP contribution in [0, 0.1) is 0 Å². The van der Waals surface area contributed by atoms with Gasteiger partial charge < -0.3 is 5.73 Å². The summed E-state index contributed by atoms with van der Waals surface area (Å²) < 4.78 is 2.18. The molecule has 2 aromatic rings. The molecule has 0 unspecified atom stereocenters. The van der Waals surface area contributed by atoms with E-state index in [0.29, 0.717) is 11.1 Å². The maximum Gasteiger partial charge on any atom is 0.227 e. The number of nitrogens with two attached hydrogens (primary N) is 1. The van der Waals surface area contributed by atoms with E-state index < -0.39 is 0 Å². The summed E-state index contributed by atoms with van der Waals surface area (Å²) in [7, 11) is 0. The van der Waals surface area contributed by atoms with Crippen LogP contribution >= 0.6 is 23.4 Å². The van der Waals surface area contributed by atoms with E-state index in [-0.39, 0.29) is 11.7 Å². The van der Waals surface area contributed by atoms with Crippen molar-refractivity contribution in [3.05, 3.63) is 29.3 Å². The van der Waals surface area contributed by atoms with E-state index in [4.69, 9.17) is 17.3 Å². The molecule has 23 heavy (non-hydrogen) atoms. The van der Waals surface area contributed by atoms with Crippen LogP contribution < -0.4 is 5.73 Å². The number of aromatic nitrogens is 3. The number of nitrogens with zero attached hydrogens (tertiary/aromatic N) is 3. The van der Waals surface area contributed by atoms with Crippen molar-refractivity contribution in [2.24, 2.45) is 5.73 Å². The molecule has 1 saturated carbocycles. The lowest BCUT2D eigenvalue weighted by atomic mass is 9.95. The Kier molecular flexibility index (Phi) is 5.23. The van der Waals surface area contributed by atoms with E-state index in [1.807, 2.05) is 24.3 Å². The second-order valence-electron chi connectivity index (χ2n) is 5.73. The van der Waals surface area contributed by atoms with Gasteiger partial charge in [0.1, 0.15) is 0 Å². The van der Waals surface area contributed by atoms with Crippen molar-refractivity contribution < 1.29 is 4.79 Å². The van der Waals surface area contributed by atoms with Gasteiger partial charge in [-0.25, -0.2) is 0 Å². The molecule has 1 aromatic heterocycles. The third-order valence-corrected chi connectivity index (χ3v) is 5.27. The van der Waals surface area contributed by atoms with Crippen LogP contribution in [0.5, 0.6) is 0 Å². The molecule has 0 radical (unpaired) electrons. The summed E-state index contributed by atoms with van der Waals surface area (Å²) in [4.78, 5) is 11.1. The van der Waals surface area contributed by atoms with E-state index in [9.17, 15) is 4.79 Å². The van der Waals surface area contributed by atoms with Crippen molar-refractivity contribution in [1.29, 1.82) is 0 Å². The molecule has 0 atom stereocenters. The average molecular weight is 351 g/mol. The first-order valence-corrected chi connectivity index (χ1v) is 9.13. The van der Waals surface area contributed by atoms with Crippen LogP contribution in [0.1, 0.15) is 38.1 Å². The number of halogens is 1. The van der Waals surface area contributed by atoms with Crippen LogP contribution in [0.2, 0.25) is 5.02 Å². The van der Waals surface area contributed by atoms with Crippen molar-refractivity contribution in [3.63, 3.8) is 0 Å². The lowest BCUT2D eigenvalue weighted by molar-refractivity contribution is -0.115. The minimum atomic E-state index is -0.346. The number of carbonyl (C=O) groups excluding carboxylic acids is 1. The first kappa shape index (κ1) is 16.3. The molecule has 0 aliphatic heterocycles. The van der Waals surface area contributed by atoms with E-state index in [1.165, 1.54) is 31.0 Å². The topological polar surface area (TPSA) is 73.8 Å². The van der Waals surface area contributed by atoms with Gasteiger partial charge in [-0.2, -0.15) is 0 Å². The van der Waals surface area contributed by atoms with Crippen molar-refractivity contribution in [2.75, 3.05) is 5.75 Å². The lowest BCUT2D eigenvalue weighted by Gasteiger charge is -2.25. The number of hydrogen-bond donors (Lipinski definition) is 1. The Labute approximate surface area is 144 Å². The summed E-state index contributed by atoms with van der Waals surface area (Å²) >= 11 is 7.34. The normalized spacial score (nSPS) is 15.7. The Morgan fingerprint density at radius 3 is 2.57 bits per heavy atom. The van der Waals surface area contributed by atoms with Gasteiger partial charge in [0, 0.05) is 16.6 Å². The highest BCUT2D eigenvalue weighted by atomic mass is 35.5. The molecule has 1 heterocycles. The fourth-order valence-corrected chi connectivity index (χ4v) is 3.85. The fourth-order valence-electron chi connectivity index (χ4n) is 2.98. The van der Waals surface area contributed by atoms with E-state index in [2.05, 4.69) is 14.8 Å². The molecule has 0 spiro atoms. The standard InChI is InChI=1S/C16H19ClN4OS/c17-12-8-6-11(7-9-12)15-19-20-16(23-10-14(18)22)21(15)13-4-2-1-3-5-13/h6-9,13H,1-5,10H2,(H2,18,22). The first-order valence-electron chi connectivity index (χ1n) is 7.77. The van der Waals surface area contributed by atoms with Crippen LogP contribution in [0.15, 0.2) is 29.4 Å². The van der Waals surface area contributed by atoms with Gasteiger partial charge in [-0.15, -0.1) is 10.2 Å². The number of thioether (sulfide) groups is 1. The van der Waals surface area contributed by atoms with Crippen LogP contribution in [0.3, 0.4) is 0 Å². The predicted octanol–water partition coefficient (Wildman–Crippen LogP) is 3.68. The zero-order valence-electron chi connectivity index (χ0n) is 12.7. The van der Waals surface area contributed by atoms with Gasteiger partial charge in [0.25, 0.3) is 0 Å². The maximum absolute atomic E-state index is 11.1.